The summed E-state index contributed by atoms with van der Waals surface area (Å²) in [5, 5.41) is 13.5. The Hall–Kier alpha value is -2.18. The molecule has 6 heteroatoms. The van der Waals surface area contributed by atoms with Gasteiger partial charge in [-0.3, -0.25) is 5.32 Å². The summed E-state index contributed by atoms with van der Waals surface area (Å²) in [6, 6.07) is 9.38. The minimum absolute atomic E-state index is 0.0357. The minimum atomic E-state index is -0.493. The Kier molecular flexibility index (Phi) is 5.42. The number of ether oxygens (including phenoxy) is 2. The lowest BCUT2D eigenvalue weighted by Crippen LogP contribution is -2.58. The molecule has 1 aromatic rings. The maximum atomic E-state index is 13.0. The monoisotopic (exact) mass is 479 g/mol. The molecule has 35 heavy (non-hydrogen) atoms. The van der Waals surface area contributed by atoms with E-state index < -0.39 is 12.2 Å². The number of carbonyl (C=O) groups excluding carboxylic acids is 2. The van der Waals surface area contributed by atoms with Gasteiger partial charge in [-0.05, 0) is 73.5 Å². The number of carbonyl (C=O) groups is 2. The van der Waals surface area contributed by atoms with Gasteiger partial charge in [-0.1, -0.05) is 44.5 Å². The molecule has 1 amide bonds. The van der Waals surface area contributed by atoms with Gasteiger partial charge in [0.15, 0.2) is 0 Å². The van der Waals surface area contributed by atoms with Gasteiger partial charge >= 0.3 is 6.09 Å². The standard InChI is InChI=1S/C29H37NO5/c1-16(15-31)19-9-10-20-24-21(11-12-28(19,20)2)29(3)17(13-22(32)25-26(29)35-25)14-23(24)34-27(33)30-18-7-5-4-6-8-18/h4-8,14-16,19-26,32H,9-13H2,1-3H3,(H,30,33)/t16?,19-,20+,21+,22?,23?,24+,25?,26?,28-,29+/m1/s1. The van der Waals surface area contributed by atoms with Crippen LogP contribution in [0.3, 0.4) is 0 Å². The molecule has 5 unspecified atom stereocenters. The Morgan fingerprint density at radius 1 is 1.20 bits per heavy atom. The number of benzene rings is 1. The topological polar surface area (TPSA) is 88.2 Å². The van der Waals surface area contributed by atoms with Crippen molar-refractivity contribution in [3.8, 4) is 0 Å². The normalized spacial score (nSPS) is 46.1. The van der Waals surface area contributed by atoms with Crippen LogP contribution in [0.1, 0.15) is 52.9 Å². The molecule has 3 saturated carbocycles. The van der Waals surface area contributed by atoms with Gasteiger partial charge in [0, 0.05) is 22.9 Å². The number of nitrogens with one attached hydrogen (secondary N) is 1. The van der Waals surface area contributed by atoms with Crippen molar-refractivity contribution in [2.45, 2.75) is 77.3 Å². The van der Waals surface area contributed by atoms with Crippen LogP contribution in [0.2, 0.25) is 0 Å². The Balaban J connectivity index is 1.35. The van der Waals surface area contributed by atoms with Gasteiger partial charge < -0.3 is 19.4 Å². The third-order valence-electron chi connectivity index (χ3n) is 10.7. The fraction of sp³-hybridized carbons (Fsp3) is 0.655. The van der Waals surface area contributed by atoms with E-state index in [9.17, 15) is 14.7 Å². The molecule has 0 spiro atoms. The van der Waals surface area contributed by atoms with Gasteiger partial charge in [0.25, 0.3) is 0 Å². The SMILES string of the molecule is CC(C=O)[C@H]1CC[C@H]2[C@@H]3C(OC(=O)Nc4ccccc4)C=C4CC(O)C5OC5[C@]4(C)[C@H]3CC[C@]12C. The molecule has 1 aromatic carbocycles. The predicted octanol–water partition coefficient (Wildman–Crippen LogP) is 4.98. The predicted molar refractivity (Wildman–Crippen MR) is 132 cm³/mol. The highest BCUT2D eigenvalue weighted by Gasteiger charge is 2.69. The van der Waals surface area contributed by atoms with Gasteiger partial charge in [-0.2, -0.15) is 0 Å². The van der Waals surface area contributed by atoms with E-state index >= 15 is 0 Å². The van der Waals surface area contributed by atoms with Gasteiger partial charge in [0.05, 0.1) is 12.2 Å². The average molecular weight is 480 g/mol. The number of epoxide rings is 1. The van der Waals surface area contributed by atoms with Crippen molar-refractivity contribution in [1.29, 1.82) is 0 Å². The molecule has 6 rings (SSSR count). The summed E-state index contributed by atoms with van der Waals surface area (Å²) in [5.41, 5.74) is 1.81. The molecule has 0 aromatic heterocycles. The zero-order valence-electron chi connectivity index (χ0n) is 20.9. The number of aliphatic hydroxyl groups is 1. The number of aldehydes is 1. The molecule has 1 saturated heterocycles. The Morgan fingerprint density at radius 2 is 1.97 bits per heavy atom. The van der Waals surface area contributed by atoms with E-state index in [1.54, 1.807) is 0 Å². The first kappa shape index (κ1) is 23.2. The van der Waals surface area contributed by atoms with Crippen molar-refractivity contribution >= 4 is 18.1 Å². The fourth-order valence-corrected chi connectivity index (χ4v) is 8.91. The van der Waals surface area contributed by atoms with Gasteiger partial charge in [0.1, 0.15) is 18.5 Å². The van der Waals surface area contributed by atoms with E-state index in [1.807, 2.05) is 30.3 Å². The number of rotatable bonds is 4. The number of aliphatic hydroxyl groups excluding tert-OH is 1. The van der Waals surface area contributed by atoms with Gasteiger partial charge in [0.2, 0.25) is 0 Å². The molecule has 5 aliphatic rings. The first-order valence-electron chi connectivity index (χ1n) is 13.3. The lowest BCUT2D eigenvalue weighted by atomic mass is 9.46. The lowest BCUT2D eigenvalue weighted by molar-refractivity contribution is -0.118. The second-order valence-corrected chi connectivity index (χ2v) is 12.1. The lowest BCUT2D eigenvalue weighted by Gasteiger charge is -2.58. The largest absolute Gasteiger partial charge is 0.441 e. The molecule has 2 N–H and O–H groups in total. The van der Waals surface area contributed by atoms with E-state index in [-0.39, 0.29) is 41.0 Å². The molecule has 4 aliphatic carbocycles. The van der Waals surface area contributed by atoms with Crippen LogP contribution in [0.25, 0.3) is 0 Å². The summed E-state index contributed by atoms with van der Waals surface area (Å²) in [5.74, 6) is 1.27. The number of anilines is 1. The Bertz CT molecular complexity index is 1040. The number of amides is 1. The van der Waals surface area contributed by atoms with Crippen LogP contribution in [-0.2, 0) is 14.3 Å². The van der Waals surface area contributed by atoms with Crippen molar-refractivity contribution in [3.63, 3.8) is 0 Å². The molecule has 0 bridgehead atoms. The first-order valence-corrected chi connectivity index (χ1v) is 13.3. The summed E-state index contributed by atoms with van der Waals surface area (Å²) < 4.78 is 12.3. The molecule has 1 heterocycles. The van der Waals surface area contributed by atoms with E-state index in [0.29, 0.717) is 29.9 Å². The molecule has 11 atom stereocenters. The molecule has 0 radical (unpaired) electrons. The summed E-state index contributed by atoms with van der Waals surface area (Å²) >= 11 is 0. The van der Waals surface area contributed by atoms with Crippen LogP contribution < -0.4 is 5.32 Å². The second kappa shape index (κ2) is 8.17. The smallest absolute Gasteiger partial charge is 0.412 e. The molecule has 1 aliphatic heterocycles. The maximum absolute atomic E-state index is 13.0. The third kappa shape index (κ3) is 3.43. The summed E-state index contributed by atoms with van der Waals surface area (Å²) in [6.07, 6.45) is 6.72. The number of para-hydroxylation sites is 1. The van der Waals surface area contributed by atoms with E-state index in [0.717, 1.165) is 32.0 Å². The number of hydrogen-bond donors (Lipinski definition) is 2. The van der Waals surface area contributed by atoms with Crippen LogP contribution in [0, 0.1) is 40.4 Å². The zero-order valence-corrected chi connectivity index (χ0v) is 20.9. The number of fused-ring (bicyclic) bond motifs is 7. The quantitative estimate of drug-likeness (QED) is 0.361. The average Bonchev–Trinajstić information content (AvgIpc) is 3.58. The molecular formula is C29H37NO5. The van der Waals surface area contributed by atoms with Crippen molar-refractivity contribution in [1.82, 2.24) is 0 Å². The van der Waals surface area contributed by atoms with Crippen molar-refractivity contribution in [3.05, 3.63) is 42.0 Å². The van der Waals surface area contributed by atoms with E-state index in [2.05, 4.69) is 32.2 Å². The van der Waals surface area contributed by atoms with Crippen LogP contribution in [0.5, 0.6) is 0 Å². The molecule has 188 valence electrons. The van der Waals surface area contributed by atoms with Crippen LogP contribution in [0.4, 0.5) is 10.5 Å². The Morgan fingerprint density at radius 3 is 2.71 bits per heavy atom. The summed E-state index contributed by atoms with van der Waals surface area (Å²) in [6.45, 7) is 6.75. The Labute approximate surface area is 207 Å². The summed E-state index contributed by atoms with van der Waals surface area (Å²) in [4.78, 5) is 24.8. The highest BCUT2D eigenvalue weighted by atomic mass is 16.6. The fourth-order valence-electron chi connectivity index (χ4n) is 8.91. The molecule has 6 nitrogen and oxygen atoms in total. The van der Waals surface area contributed by atoms with E-state index in [4.69, 9.17) is 9.47 Å². The third-order valence-corrected chi connectivity index (χ3v) is 10.7. The van der Waals surface area contributed by atoms with Crippen LogP contribution in [0.15, 0.2) is 42.0 Å². The minimum Gasteiger partial charge on any atom is -0.441 e. The van der Waals surface area contributed by atoms with E-state index in [1.165, 1.54) is 5.57 Å². The second-order valence-electron chi connectivity index (χ2n) is 12.1. The van der Waals surface area contributed by atoms with Gasteiger partial charge in [-0.15, -0.1) is 0 Å². The molecular weight excluding hydrogens is 442 g/mol. The first-order chi connectivity index (χ1) is 16.8. The zero-order chi connectivity index (χ0) is 24.5. The highest BCUT2D eigenvalue weighted by molar-refractivity contribution is 5.84. The van der Waals surface area contributed by atoms with Gasteiger partial charge in [-0.25, -0.2) is 4.79 Å². The van der Waals surface area contributed by atoms with Crippen molar-refractivity contribution in [2.75, 3.05) is 5.32 Å². The van der Waals surface area contributed by atoms with Crippen molar-refractivity contribution in [2.24, 2.45) is 40.4 Å². The summed E-state index contributed by atoms with van der Waals surface area (Å²) in [7, 11) is 0. The van der Waals surface area contributed by atoms with Crippen molar-refractivity contribution < 1.29 is 24.2 Å². The molecule has 4 fully saturated rings. The number of hydrogen-bond acceptors (Lipinski definition) is 5. The highest BCUT2D eigenvalue weighted by Crippen LogP contribution is 2.69. The van der Waals surface area contributed by atoms with Crippen LogP contribution >= 0.6 is 0 Å². The maximum Gasteiger partial charge on any atom is 0.412 e. The van der Waals surface area contributed by atoms with Crippen LogP contribution in [-0.4, -0.2) is 41.9 Å².